The van der Waals surface area contributed by atoms with Crippen molar-refractivity contribution in [3.8, 4) is 5.75 Å². The zero-order valence-electron chi connectivity index (χ0n) is 13.3. The summed E-state index contributed by atoms with van der Waals surface area (Å²) in [6.45, 7) is -0.0435. The van der Waals surface area contributed by atoms with Gasteiger partial charge in [0.15, 0.2) is 18.2 Å². The van der Waals surface area contributed by atoms with Gasteiger partial charge in [-0.3, -0.25) is 14.5 Å². The predicted octanol–water partition coefficient (Wildman–Crippen LogP) is 2.04. The molecule has 6 heteroatoms. The molecule has 6 nitrogen and oxygen atoms in total. The third kappa shape index (κ3) is 4.00. The van der Waals surface area contributed by atoms with E-state index in [1.807, 2.05) is 0 Å². The molecule has 0 bridgehead atoms. The number of carbonyl (C=O) groups excluding carboxylic acids is 2. The summed E-state index contributed by atoms with van der Waals surface area (Å²) in [5.41, 5.74) is 0. The molecule has 0 atom stereocenters. The number of hydrogen-bond acceptors (Lipinski definition) is 4. The molecule has 0 spiro atoms. The average Bonchev–Trinajstić information content (AvgIpc) is 2.53. The largest absolute Gasteiger partial charge is 0.480 e. The van der Waals surface area contributed by atoms with E-state index in [1.54, 1.807) is 18.3 Å². The number of nitrogens with zero attached hydrogens (tertiary/aromatic N) is 2. The van der Waals surface area contributed by atoms with Crippen LogP contribution in [0.3, 0.4) is 0 Å². The maximum atomic E-state index is 12.4. The Bertz CT molecular complexity index is 568. The maximum Gasteiger partial charge on any atom is 0.266 e. The number of anilines is 1. The molecule has 1 aliphatic heterocycles. The monoisotopic (exact) mass is 317 g/mol. The molecule has 1 aromatic rings. The fraction of sp³-hybridized carbons (Fsp3) is 0.588. The lowest BCUT2D eigenvalue weighted by Crippen LogP contribution is -2.47. The molecule has 3 rings (SSSR count). The SMILES string of the molecule is O=C(CN1C(=O)COc2cccnc21)NC1CCCCCCC1. The van der Waals surface area contributed by atoms with Crippen LogP contribution in [0.4, 0.5) is 5.82 Å². The fourth-order valence-electron chi connectivity index (χ4n) is 3.21. The molecular formula is C17H23N3O3. The summed E-state index contributed by atoms with van der Waals surface area (Å²) in [6, 6.07) is 3.73. The van der Waals surface area contributed by atoms with Gasteiger partial charge in [-0.25, -0.2) is 4.98 Å². The molecule has 1 aromatic heterocycles. The van der Waals surface area contributed by atoms with Gasteiger partial charge in [0.1, 0.15) is 6.54 Å². The zero-order chi connectivity index (χ0) is 16.1. The number of amides is 2. The predicted molar refractivity (Wildman–Crippen MR) is 86.3 cm³/mol. The van der Waals surface area contributed by atoms with E-state index in [2.05, 4.69) is 10.3 Å². The Morgan fingerprint density at radius 1 is 1.26 bits per heavy atom. The number of nitrogens with one attached hydrogen (secondary N) is 1. The van der Waals surface area contributed by atoms with Crippen molar-refractivity contribution in [1.29, 1.82) is 0 Å². The summed E-state index contributed by atoms with van der Waals surface area (Å²) >= 11 is 0. The summed E-state index contributed by atoms with van der Waals surface area (Å²) in [5, 5.41) is 3.08. The quantitative estimate of drug-likeness (QED) is 0.926. The highest BCUT2D eigenvalue weighted by Gasteiger charge is 2.28. The lowest BCUT2D eigenvalue weighted by Gasteiger charge is -2.28. The third-order valence-corrected chi connectivity index (χ3v) is 4.43. The Balaban J connectivity index is 1.62. The summed E-state index contributed by atoms with van der Waals surface area (Å²) < 4.78 is 5.34. The molecule has 1 N–H and O–H groups in total. The van der Waals surface area contributed by atoms with Crippen LogP contribution in [0.15, 0.2) is 18.3 Å². The first-order chi connectivity index (χ1) is 11.2. The van der Waals surface area contributed by atoms with Crippen molar-refractivity contribution in [3.63, 3.8) is 0 Å². The molecule has 2 amide bonds. The fourth-order valence-corrected chi connectivity index (χ4v) is 3.21. The van der Waals surface area contributed by atoms with Crippen LogP contribution in [-0.2, 0) is 9.59 Å². The van der Waals surface area contributed by atoms with Crippen molar-refractivity contribution in [1.82, 2.24) is 10.3 Å². The van der Waals surface area contributed by atoms with Gasteiger partial charge in [0.2, 0.25) is 5.91 Å². The molecule has 0 radical (unpaired) electrons. The lowest BCUT2D eigenvalue weighted by molar-refractivity contribution is -0.125. The summed E-state index contributed by atoms with van der Waals surface area (Å²) in [4.78, 5) is 30.0. The second kappa shape index (κ2) is 7.44. The van der Waals surface area contributed by atoms with Crippen LogP contribution in [0.2, 0.25) is 0 Å². The van der Waals surface area contributed by atoms with Crippen LogP contribution in [0, 0.1) is 0 Å². The summed E-state index contributed by atoms with van der Waals surface area (Å²) in [5.74, 6) is 0.619. The Hall–Kier alpha value is -2.11. The first-order valence-electron chi connectivity index (χ1n) is 8.41. The number of ether oxygens (including phenoxy) is 1. The summed E-state index contributed by atoms with van der Waals surface area (Å²) in [6.07, 6.45) is 9.75. The molecule has 0 unspecified atom stereocenters. The molecular weight excluding hydrogens is 294 g/mol. The van der Waals surface area contributed by atoms with Gasteiger partial charge in [-0.1, -0.05) is 32.1 Å². The molecule has 2 aliphatic rings. The van der Waals surface area contributed by atoms with Crippen LogP contribution in [-0.4, -0.2) is 36.0 Å². The number of rotatable bonds is 3. The molecule has 124 valence electrons. The van der Waals surface area contributed by atoms with E-state index in [0.29, 0.717) is 11.6 Å². The molecule has 23 heavy (non-hydrogen) atoms. The molecule has 1 aliphatic carbocycles. The highest BCUT2D eigenvalue weighted by Crippen LogP contribution is 2.28. The lowest BCUT2D eigenvalue weighted by atomic mass is 9.97. The zero-order valence-corrected chi connectivity index (χ0v) is 13.3. The van der Waals surface area contributed by atoms with Gasteiger partial charge < -0.3 is 10.1 Å². The van der Waals surface area contributed by atoms with Crippen LogP contribution < -0.4 is 15.0 Å². The van der Waals surface area contributed by atoms with Crippen molar-refractivity contribution in [2.45, 2.75) is 51.0 Å². The average molecular weight is 317 g/mol. The second-order valence-corrected chi connectivity index (χ2v) is 6.20. The minimum absolute atomic E-state index is 0.00269. The van der Waals surface area contributed by atoms with Crippen molar-refractivity contribution in [2.75, 3.05) is 18.1 Å². The number of aromatic nitrogens is 1. The van der Waals surface area contributed by atoms with Gasteiger partial charge in [0.05, 0.1) is 0 Å². The van der Waals surface area contributed by atoms with Crippen LogP contribution in [0.1, 0.15) is 44.9 Å². The van der Waals surface area contributed by atoms with Crippen molar-refractivity contribution in [3.05, 3.63) is 18.3 Å². The van der Waals surface area contributed by atoms with Gasteiger partial charge in [0, 0.05) is 12.2 Å². The van der Waals surface area contributed by atoms with Crippen LogP contribution in [0.5, 0.6) is 5.75 Å². The van der Waals surface area contributed by atoms with Crippen molar-refractivity contribution < 1.29 is 14.3 Å². The van der Waals surface area contributed by atoms with Gasteiger partial charge >= 0.3 is 0 Å². The van der Waals surface area contributed by atoms with E-state index in [9.17, 15) is 9.59 Å². The molecule has 1 fully saturated rings. The van der Waals surface area contributed by atoms with Crippen LogP contribution >= 0.6 is 0 Å². The second-order valence-electron chi connectivity index (χ2n) is 6.20. The van der Waals surface area contributed by atoms with E-state index < -0.39 is 0 Å². The third-order valence-electron chi connectivity index (χ3n) is 4.43. The number of pyridine rings is 1. The minimum Gasteiger partial charge on any atom is -0.480 e. The molecule has 1 saturated carbocycles. The molecule has 0 aromatic carbocycles. The van der Waals surface area contributed by atoms with Gasteiger partial charge in [0.25, 0.3) is 5.91 Å². The highest BCUT2D eigenvalue weighted by atomic mass is 16.5. The number of carbonyl (C=O) groups is 2. The van der Waals surface area contributed by atoms with E-state index in [0.717, 1.165) is 25.7 Å². The molecule has 0 saturated heterocycles. The smallest absolute Gasteiger partial charge is 0.266 e. The summed E-state index contributed by atoms with van der Waals surface area (Å²) in [7, 11) is 0. The minimum atomic E-state index is -0.232. The normalized spacial score (nSPS) is 19.3. The van der Waals surface area contributed by atoms with Crippen molar-refractivity contribution >= 4 is 17.6 Å². The van der Waals surface area contributed by atoms with E-state index in [-0.39, 0.29) is 31.0 Å². The molecule has 2 heterocycles. The van der Waals surface area contributed by atoms with E-state index in [4.69, 9.17) is 4.74 Å². The highest BCUT2D eigenvalue weighted by molar-refractivity contribution is 6.01. The first kappa shape index (κ1) is 15.8. The topological polar surface area (TPSA) is 71.5 Å². The van der Waals surface area contributed by atoms with Crippen LogP contribution in [0.25, 0.3) is 0 Å². The Labute approximate surface area is 136 Å². The Morgan fingerprint density at radius 3 is 2.78 bits per heavy atom. The van der Waals surface area contributed by atoms with Gasteiger partial charge in [-0.15, -0.1) is 0 Å². The van der Waals surface area contributed by atoms with E-state index >= 15 is 0 Å². The standard InChI is InChI=1S/C17H23N3O3/c21-15(19-13-7-4-2-1-3-5-8-13)11-20-16(22)12-23-14-9-6-10-18-17(14)20/h6,9-10,13H,1-5,7-8,11-12H2,(H,19,21). The Kier molecular flexibility index (Phi) is 5.10. The Morgan fingerprint density at radius 2 is 2.00 bits per heavy atom. The number of fused-ring (bicyclic) bond motifs is 1. The van der Waals surface area contributed by atoms with Gasteiger partial charge in [-0.2, -0.15) is 0 Å². The number of hydrogen-bond donors (Lipinski definition) is 1. The van der Waals surface area contributed by atoms with Crippen molar-refractivity contribution in [2.24, 2.45) is 0 Å². The first-order valence-corrected chi connectivity index (χ1v) is 8.41. The maximum absolute atomic E-state index is 12.4. The van der Waals surface area contributed by atoms with Gasteiger partial charge in [-0.05, 0) is 25.0 Å². The van der Waals surface area contributed by atoms with E-state index in [1.165, 1.54) is 24.2 Å².